The van der Waals surface area contributed by atoms with Crippen LogP contribution in [0.15, 0.2) is 29.0 Å². The number of furan rings is 1. The lowest BCUT2D eigenvalue weighted by Gasteiger charge is -1.94. The van der Waals surface area contributed by atoms with Crippen LogP contribution in [0.2, 0.25) is 0 Å². The molecular formula is C9H11N3O. The molecule has 2 N–H and O–H groups in total. The Morgan fingerprint density at radius 1 is 1.54 bits per heavy atom. The monoisotopic (exact) mass is 177 g/mol. The van der Waals surface area contributed by atoms with E-state index >= 15 is 0 Å². The molecule has 4 nitrogen and oxygen atoms in total. The van der Waals surface area contributed by atoms with E-state index in [9.17, 15) is 0 Å². The minimum atomic E-state index is 0.402. The topological polar surface area (TPSA) is 57.0 Å². The van der Waals surface area contributed by atoms with Gasteiger partial charge in [-0.2, -0.15) is 5.10 Å². The van der Waals surface area contributed by atoms with E-state index in [0.29, 0.717) is 6.54 Å². The third-order valence-electron chi connectivity index (χ3n) is 1.92. The molecule has 13 heavy (non-hydrogen) atoms. The Kier molecular flexibility index (Phi) is 1.90. The predicted molar refractivity (Wildman–Crippen MR) is 48.8 cm³/mol. The van der Waals surface area contributed by atoms with Crippen molar-refractivity contribution < 1.29 is 4.42 Å². The standard InChI is InChI=1S/C9H11N3O/c1-12-4-2-8(11-12)7-3-5-13-9(7)6-10/h2-5H,6,10H2,1H3. The molecule has 0 radical (unpaired) electrons. The maximum Gasteiger partial charge on any atom is 0.126 e. The average molecular weight is 177 g/mol. The Labute approximate surface area is 76.0 Å². The molecule has 0 saturated heterocycles. The third-order valence-corrected chi connectivity index (χ3v) is 1.92. The predicted octanol–water partition coefficient (Wildman–Crippen LogP) is 1.14. The van der Waals surface area contributed by atoms with Crippen molar-refractivity contribution in [2.24, 2.45) is 12.8 Å². The summed E-state index contributed by atoms with van der Waals surface area (Å²) in [5.74, 6) is 0.777. The lowest BCUT2D eigenvalue weighted by atomic mass is 10.2. The van der Waals surface area contributed by atoms with Gasteiger partial charge in [-0.05, 0) is 12.1 Å². The van der Waals surface area contributed by atoms with Crippen LogP contribution in [0.1, 0.15) is 5.76 Å². The highest BCUT2D eigenvalue weighted by Gasteiger charge is 2.08. The van der Waals surface area contributed by atoms with Crippen LogP contribution in [0.25, 0.3) is 11.3 Å². The van der Waals surface area contributed by atoms with Crippen molar-refractivity contribution in [3.05, 3.63) is 30.4 Å². The second-order valence-corrected chi connectivity index (χ2v) is 2.84. The molecule has 0 bridgehead atoms. The molecule has 4 heteroatoms. The zero-order valence-corrected chi connectivity index (χ0v) is 7.40. The summed E-state index contributed by atoms with van der Waals surface area (Å²) in [7, 11) is 1.88. The summed E-state index contributed by atoms with van der Waals surface area (Å²) in [4.78, 5) is 0. The fourth-order valence-corrected chi connectivity index (χ4v) is 1.29. The third kappa shape index (κ3) is 1.36. The summed E-state index contributed by atoms with van der Waals surface area (Å²) in [6.07, 6.45) is 3.52. The molecule has 0 saturated carbocycles. The zero-order chi connectivity index (χ0) is 9.26. The molecule has 0 aliphatic heterocycles. The van der Waals surface area contributed by atoms with Gasteiger partial charge in [-0.15, -0.1) is 0 Å². The van der Waals surface area contributed by atoms with Crippen LogP contribution >= 0.6 is 0 Å². The van der Waals surface area contributed by atoms with E-state index in [0.717, 1.165) is 17.0 Å². The molecule has 2 heterocycles. The van der Waals surface area contributed by atoms with Gasteiger partial charge < -0.3 is 10.2 Å². The Balaban J connectivity index is 2.45. The van der Waals surface area contributed by atoms with E-state index in [2.05, 4.69) is 5.10 Å². The van der Waals surface area contributed by atoms with E-state index < -0.39 is 0 Å². The fourth-order valence-electron chi connectivity index (χ4n) is 1.29. The molecule has 0 atom stereocenters. The number of hydrogen-bond acceptors (Lipinski definition) is 3. The van der Waals surface area contributed by atoms with Crippen molar-refractivity contribution in [2.45, 2.75) is 6.54 Å². The van der Waals surface area contributed by atoms with Gasteiger partial charge in [0, 0.05) is 18.8 Å². The van der Waals surface area contributed by atoms with Crippen molar-refractivity contribution in [3.8, 4) is 11.3 Å². The van der Waals surface area contributed by atoms with Gasteiger partial charge in [0.05, 0.1) is 18.5 Å². The number of hydrogen-bond donors (Lipinski definition) is 1. The van der Waals surface area contributed by atoms with Crippen molar-refractivity contribution in [1.29, 1.82) is 0 Å². The minimum Gasteiger partial charge on any atom is -0.467 e. The first-order chi connectivity index (χ1) is 6.31. The highest BCUT2D eigenvalue weighted by atomic mass is 16.3. The quantitative estimate of drug-likeness (QED) is 0.748. The van der Waals surface area contributed by atoms with Gasteiger partial charge in [-0.1, -0.05) is 0 Å². The maximum absolute atomic E-state index is 5.51. The highest BCUT2D eigenvalue weighted by Crippen LogP contribution is 2.22. The molecule has 0 aliphatic carbocycles. The van der Waals surface area contributed by atoms with Crippen LogP contribution in [0.4, 0.5) is 0 Å². The van der Waals surface area contributed by atoms with Crippen molar-refractivity contribution in [2.75, 3.05) is 0 Å². The van der Waals surface area contributed by atoms with Gasteiger partial charge in [0.15, 0.2) is 0 Å². The Morgan fingerprint density at radius 2 is 2.38 bits per heavy atom. The molecule has 0 aliphatic rings. The molecule has 2 aromatic rings. The van der Waals surface area contributed by atoms with E-state index in [4.69, 9.17) is 10.2 Å². The summed E-state index contributed by atoms with van der Waals surface area (Å²) in [6, 6.07) is 3.81. The molecule has 0 aromatic carbocycles. The second-order valence-electron chi connectivity index (χ2n) is 2.84. The van der Waals surface area contributed by atoms with Gasteiger partial charge in [-0.3, -0.25) is 4.68 Å². The summed E-state index contributed by atoms with van der Waals surface area (Å²) < 4.78 is 6.96. The average Bonchev–Trinajstić information content (AvgIpc) is 2.71. The Morgan fingerprint density at radius 3 is 3.00 bits per heavy atom. The molecular weight excluding hydrogens is 166 g/mol. The number of rotatable bonds is 2. The summed E-state index contributed by atoms with van der Waals surface area (Å²) >= 11 is 0. The summed E-state index contributed by atoms with van der Waals surface area (Å²) in [5, 5.41) is 4.26. The normalized spacial score (nSPS) is 10.6. The molecule has 0 amide bonds. The van der Waals surface area contributed by atoms with Crippen molar-refractivity contribution >= 4 is 0 Å². The van der Waals surface area contributed by atoms with E-state index in [1.807, 2.05) is 25.4 Å². The minimum absolute atomic E-state index is 0.402. The van der Waals surface area contributed by atoms with Crippen LogP contribution in [-0.2, 0) is 13.6 Å². The second kappa shape index (κ2) is 3.06. The zero-order valence-electron chi connectivity index (χ0n) is 7.40. The van der Waals surface area contributed by atoms with Crippen LogP contribution < -0.4 is 5.73 Å². The van der Waals surface area contributed by atoms with Crippen molar-refractivity contribution in [3.63, 3.8) is 0 Å². The Hall–Kier alpha value is -1.55. The smallest absolute Gasteiger partial charge is 0.126 e. The highest BCUT2D eigenvalue weighted by molar-refractivity contribution is 5.60. The van der Waals surface area contributed by atoms with E-state index in [1.165, 1.54) is 0 Å². The lowest BCUT2D eigenvalue weighted by Crippen LogP contribution is -1.96. The molecule has 0 unspecified atom stereocenters. The lowest BCUT2D eigenvalue weighted by molar-refractivity contribution is 0.513. The summed E-state index contributed by atoms with van der Waals surface area (Å²) in [5.41, 5.74) is 7.39. The summed E-state index contributed by atoms with van der Waals surface area (Å²) in [6.45, 7) is 0.402. The number of aryl methyl sites for hydroxylation is 1. The van der Waals surface area contributed by atoms with Crippen LogP contribution in [0, 0.1) is 0 Å². The van der Waals surface area contributed by atoms with Crippen LogP contribution in [0.5, 0.6) is 0 Å². The molecule has 0 spiro atoms. The molecule has 68 valence electrons. The largest absolute Gasteiger partial charge is 0.467 e. The molecule has 0 fully saturated rings. The first-order valence-electron chi connectivity index (χ1n) is 4.07. The van der Waals surface area contributed by atoms with Gasteiger partial charge in [0.2, 0.25) is 0 Å². The van der Waals surface area contributed by atoms with Gasteiger partial charge in [0.25, 0.3) is 0 Å². The van der Waals surface area contributed by atoms with Crippen molar-refractivity contribution in [1.82, 2.24) is 9.78 Å². The molecule has 2 aromatic heterocycles. The maximum atomic E-state index is 5.51. The van der Waals surface area contributed by atoms with Crippen LogP contribution in [-0.4, -0.2) is 9.78 Å². The number of aromatic nitrogens is 2. The van der Waals surface area contributed by atoms with Gasteiger partial charge in [0.1, 0.15) is 5.76 Å². The van der Waals surface area contributed by atoms with E-state index in [-0.39, 0.29) is 0 Å². The van der Waals surface area contributed by atoms with E-state index in [1.54, 1.807) is 10.9 Å². The first kappa shape index (κ1) is 8.07. The Bertz CT molecular complexity index is 402. The van der Waals surface area contributed by atoms with Gasteiger partial charge >= 0.3 is 0 Å². The fraction of sp³-hybridized carbons (Fsp3) is 0.222. The number of nitrogens with two attached hydrogens (primary N) is 1. The number of nitrogens with zero attached hydrogens (tertiary/aromatic N) is 2. The molecule has 2 rings (SSSR count). The first-order valence-corrected chi connectivity index (χ1v) is 4.07. The van der Waals surface area contributed by atoms with Gasteiger partial charge in [-0.25, -0.2) is 0 Å². The SMILES string of the molecule is Cn1ccc(-c2ccoc2CN)n1. The van der Waals surface area contributed by atoms with Crippen LogP contribution in [0.3, 0.4) is 0 Å².